The number of ether oxygens (including phenoxy) is 1. The largest absolute Gasteiger partial charge is 0.349 e. The molecular weight excluding hydrogens is 506 g/mol. The lowest BCUT2D eigenvalue weighted by atomic mass is 9.77. The van der Waals surface area contributed by atoms with Crippen LogP contribution in [0.3, 0.4) is 0 Å². The van der Waals surface area contributed by atoms with Crippen LogP contribution in [0.1, 0.15) is 43.3 Å². The van der Waals surface area contributed by atoms with Crippen LogP contribution in [-0.2, 0) is 4.74 Å². The van der Waals surface area contributed by atoms with Gasteiger partial charge >= 0.3 is 0 Å². The quantitative estimate of drug-likeness (QED) is 0.341. The van der Waals surface area contributed by atoms with E-state index in [1.54, 1.807) is 18.5 Å². The molecule has 11 nitrogen and oxygen atoms in total. The third-order valence-electron chi connectivity index (χ3n) is 8.55. The lowest BCUT2D eigenvalue weighted by Crippen LogP contribution is -2.51. The normalized spacial score (nSPS) is 24.1. The molecule has 2 fully saturated rings. The average Bonchev–Trinajstić information content (AvgIpc) is 3.66. The highest BCUT2D eigenvalue weighted by Gasteiger charge is 2.58. The van der Waals surface area contributed by atoms with E-state index in [4.69, 9.17) is 4.74 Å². The molecule has 1 amide bonds. The molecule has 2 bridgehead atoms. The van der Waals surface area contributed by atoms with Gasteiger partial charge in [-0.25, -0.2) is 15.0 Å². The number of carbonyl (C=O) groups excluding carboxylic acids is 1. The number of benzene rings is 2. The third kappa shape index (κ3) is 3.61. The van der Waals surface area contributed by atoms with E-state index in [2.05, 4.69) is 55.9 Å². The van der Waals surface area contributed by atoms with Crippen LogP contribution in [0.15, 0.2) is 73.8 Å². The number of para-hydroxylation sites is 1. The molecule has 0 unspecified atom stereocenters. The van der Waals surface area contributed by atoms with Gasteiger partial charge in [-0.15, -0.1) is 5.10 Å². The number of carbonyl (C=O) groups is 1. The van der Waals surface area contributed by atoms with E-state index in [0.29, 0.717) is 22.5 Å². The Kier molecular flexibility index (Phi) is 5.63. The second-order valence-electron chi connectivity index (χ2n) is 10.4. The molecule has 2 aliphatic heterocycles. The summed E-state index contributed by atoms with van der Waals surface area (Å²) in [7, 11) is 0. The number of fused-ring (bicyclic) bond motifs is 4. The van der Waals surface area contributed by atoms with Crippen LogP contribution < -0.4 is 5.32 Å². The van der Waals surface area contributed by atoms with Crippen LogP contribution in [-0.4, -0.2) is 63.5 Å². The first-order chi connectivity index (χ1) is 19.5. The standard InChI is InChI=1S/C29H29N9O2/c1-4-29-14-15-36(19(3)38-22-13-9-8-12-21(22)34-35-38)24(18(29)2)28(40-29)37-17-32-23-25(30-16-31-26(23)37)33-27(39)20-10-6-5-7-11-20/h5-13,16-18,24,28H,3-4,14-15H2,1-2H3,(H,30,31,33,39)/t18-,24+,28+,29-/m0/s1. The maximum absolute atomic E-state index is 12.9. The lowest BCUT2D eigenvalue weighted by molar-refractivity contribution is -0.0843. The summed E-state index contributed by atoms with van der Waals surface area (Å²) >= 11 is 0. The number of nitrogens with one attached hydrogen (secondary N) is 1. The summed E-state index contributed by atoms with van der Waals surface area (Å²) in [4.78, 5) is 28.7. The van der Waals surface area contributed by atoms with Crippen LogP contribution in [0, 0.1) is 5.92 Å². The minimum atomic E-state index is -0.387. The van der Waals surface area contributed by atoms with Gasteiger partial charge in [-0.1, -0.05) is 56.0 Å². The zero-order valence-electron chi connectivity index (χ0n) is 22.3. The van der Waals surface area contributed by atoms with Crippen LogP contribution >= 0.6 is 0 Å². The maximum atomic E-state index is 12.9. The van der Waals surface area contributed by atoms with Crippen molar-refractivity contribution in [1.82, 2.24) is 39.4 Å². The van der Waals surface area contributed by atoms with Gasteiger partial charge in [-0.3, -0.25) is 9.36 Å². The van der Waals surface area contributed by atoms with Gasteiger partial charge < -0.3 is 15.0 Å². The number of rotatable bonds is 6. The van der Waals surface area contributed by atoms with Gasteiger partial charge in [-0.2, -0.15) is 4.68 Å². The fraction of sp³-hybridized carbons (Fsp3) is 0.310. The van der Waals surface area contributed by atoms with Crippen molar-refractivity contribution < 1.29 is 9.53 Å². The summed E-state index contributed by atoms with van der Waals surface area (Å²) in [5.41, 5.74) is 3.06. The summed E-state index contributed by atoms with van der Waals surface area (Å²) in [6.45, 7) is 9.65. The van der Waals surface area contributed by atoms with E-state index < -0.39 is 0 Å². The fourth-order valence-corrected chi connectivity index (χ4v) is 6.33. The van der Waals surface area contributed by atoms with Crippen molar-refractivity contribution in [1.29, 1.82) is 0 Å². The van der Waals surface area contributed by atoms with Gasteiger partial charge in [0.25, 0.3) is 5.91 Å². The SMILES string of the molecule is C=C(N1CC[C@]2(CC)O[C@@H](n3cnc4c(NC(=O)c5ccccc5)ncnc43)[C@H]1[C@@H]2C)n1nnc2ccccc21. The van der Waals surface area contributed by atoms with E-state index in [1.165, 1.54) is 6.33 Å². The van der Waals surface area contributed by atoms with Gasteiger partial charge in [0.2, 0.25) is 0 Å². The Morgan fingerprint density at radius 3 is 2.75 bits per heavy atom. The maximum Gasteiger partial charge on any atom is 0.256 e. The van der Waals surface area contributed by atoms with Crippen molar-refractivity contribution in [3.05, 3.63) is 79.4 Å². The summed E-state index contributed by atoms with van der Waals surface area (Å²) in [5, 5.41) is 11.7. The molecule has 202 valence electrons. The smallest absolute Gasteiger partial charge is 0.256 e. The number of anilines is 1. The van der Waals surface area contributed by atoms with Gasteiger partial charge in [-0.05, 0) is 37.1 Å². The number of hydrogen-bond acceptors (Lipinski definition) is 8. The van der Waals surface area contributed by atoms with Crippen LogP contribution in [0.2, 0.25) is 0 Å². The topological polar surface area (TPSA) is 116 Å². The Morgan fingerprint density at radius 1 is 1.12 bits per heavy atom. The van der Waals surface area contributed by atoms with Gasteiger partial charge in [0.1, 0.15) is 17.7 Å². The number of nitrogens with zero attached hydrogens (tertiary/aromatic N) is 8. The van der Waals surface area contributed by atoms with E-state index in [0.717, 1.165) is 36.2 Å². The monoisotopic (exact) mass is 535 g/mol. The molecule has 4 atom stereocenters. The molecule has 2 aliphatic rings. The molecule has 5 heterocycles. The third-order valence-corrected chi connectivity index (χ3v) is 8.55. The molecule has 0 saturated carbocycles. The Bertz CT molecular complexity index is 1750. The van der Waals surface area contributed by atoms with E-state index >= 15 is 0 Å². The van der Waals surface area contributed by atoms with Crippen molar-refractivity contribution in [3.63, 3.8) is 0 Å². The lowest BCUT2D eigenvalue weighted by Gasteiger charge is -2.44. The zero-order chi connectivity index (χ0) is 27.4. The molecule has 2 saturated heterocycles. The molecule has 1 N–H and O–H groups in total. The minimum absolute atomic E-state index is 0.0566. The van der Waals surface area contributed by atoms with Crippen LogP contribution in [0.4, 0.5) is 5.82 Å². The molecule has 40 heavy (non-hydrogen) atoms. The van der Waals surface area contributed by atoms with Crippen molar-refractivity contribution in [3.8, 4) is 0 Å². The van der Waals surface area contributed by atoms with E-state index in [-0.39, 0.29) is 29.7 Å². The first-order valence-corrected chi connectivity index (χ1v) is 13.5. The van der Waals surface area contributed by atoms with Crippen LogP contribution in [0.25, 0.3) is 28.0 Å². The van der Waals surface area contributed by atoms with Crippen molar-refractivity contribution >= 4 is 39.7 Å². The second-order valence-corrected chi connectivity index (χ2v) is 10.4. The van der Waals surface area contributed by atoms with E-state index in [1.807, 2.05) is 51.7 Å². The Balaban J connectivity index is 1.26. The molecule has 11 heteroatoms. The van der Waals surface area contributed by atoms with Crippen molar-refractivity contribution in [2.24, 2.45) is 5.92 Å². The highest BCUT2D eigenvalue weighted by atomic mass is 16.5. The molecule has 5 aromatic rings. The number of amides is 1. The van der Waals surface area contributed by atoms with Crippen molar-refractivity contribution in [2.45, 2.75) is 44.6 Å². The van der Waals surface area contributed by atoms with Gasteiger partial charge in [0, 0.05) is 18.0 Å². The fourth-order valence-electron chi connectivity index (χ4n) is 6.33. The number of likely N-dealkylation sites (tertiary alicyclic amines) is 1. The predicted molar refractivity (Wildman–Crippen MR) is 150 cm³/mol. The van der Waals surface area contributed by atoms with Crippen LogP contribution in [0.5, 0.6) is 0 Å². The first kappa shape index (κ1) is 24.4. The van der Waals surface area contributed by atoms with Gasteiger partial charge in [0.05, 0.1) is 23.5 Å². The average molecular weight is 536 g/mol. The predicted octanol–water partition coefficient (Wildman–Crippen LogP) is 4.34. The molecule has 2 aromatic carbocycles. The van der Waals surface area contributed by atoms with Gasteiger partial charge in [0.15, 0.2) is 23.2 Å². The highest BCUT2D eigenvalue weighted by Crippen LogP contribution is 2.52. The molecular formula is C29H29N9O2. The number of piperidine rings is 1. The molecule has 3 aromatic heterocycles. The minimum Gasteiger partial charge on any atom is -0.349 e. The Morgan fingerprint density at radius 2 is 1.93 bits per heavy atom. The molecule has 0 aliphatic carbocycles. The summed E-state index contributed by atoms with van der Waals surface area (Å²) in [5.74, 6) is 1.04. The zero-order valence-corrected chi connectivity index (χ0v) is 22.3. The number of aromatic nitrogens is 7. The van der Waals surface area contributed by atoms with E-state index in [9.17, 15) is 4.79 Å². The summed E-state index contributed by atoms with van der Waals surface area (Å²) in [6, 6.07) is 16.8. The molecule has 7 rings (SSSR count). The molecule has 0 spiro atoms. The summed E-state index contributed by atoms with van der Waals surface area (Å²) in [6.07, 6.45) is 4.52. The second kappa shape index (κ2) is 9.23. The first-order valence-electron chi connectivity index (χ1n) is 13.5. The molecule has 0 radical (unpaired) electrons. The summed E-state index contributed by atoms with van der Waals surface area (Å²) < 4.78 is 10.7. The number of imidazole rings is 1. The van der Waals surface area contributed by atoms with Crippen molar-refractivity contribution in [2.75, 3.05) is 11.9 Å². The Hall–Kier alpha value is -4.64. The highest BCUT2D eigenvalue weighted by molar-refractivity contribution is 6.06. The number of hydrogen-bond donors (Lipinski definition) is 1. The Labute approximate surface area is 230 Å².